The van der Waals surface area contributed by atoms with E-state index in [0.29, 0.717) is 0 Å². The lowest BCUT2D eigenvalue weighted by molar-refractivity contribution is 1.50. The summed E-state index contributed by atoms with van der Waals surface area (Å²) < 4.78 is 0. The molecule has 0 heterocycles. The zero-order chi connectivity index (χ0) is 7.41. The van der Waals surface area contributed by atoms with Crippen molar-refractivity contribution in [2.75, 3.05) is 0 Å². The lowest BCUT2D eigenvalue weighted by atomic mass is 11.0. The van der Waals surface area contributed by atoms with Gasteiger partial charge in [-0.3, -0.25) is 0 Å². The minimum absolute atomic E-state index is 1.28. The molecule has 0 bridgehead atoms. The molecule has 0 aliphatic carbocycles. The van der Waals surface area contributed by atoms with Crippen LogP contribution in [0.1, 0.15) is 27.7 Å². The Labute approximate surface area is 52.6 Å². The summed E-state index contributed by atoms with van der Waals surface area (Å²) in [6, 6.07) is 0. The van der Waals surface area contributed by atoms with Crippen LogP contribution in [0.25, 0.3) is 0 Å². The smallest absolute Gasteiger partial charge is 0.00957 e. The Kier molecular flexibility index (Phi) is 197. The third kappa shape index (κ3) is 870. The van der Waals surface area contributed by atoms with Crippen molar-refractivity contribution in [2.45, 2.75) is 27.7 Å². The Morgan fingerprint density at radius 3 is 0.875 bits per heavy atom. The Morgan fingerprint density at radius 1 is 0.750 bits per heavy atom. The highest BCUT2D eigenvalue weighted by Crippen LogP contribution is 1.30. The average molecular weight is 118 g/mol. The summed E-state index contributed by atoms with van der Waals surface area (Å²) in [5.74, 6) is 0. The number of nitrogens with two attached hydrogens (primary N) is 2. The fourth-order valence-electron chi connectivity index (χ4n) is 0. The maximum Gasteiger partial charge on any atom is 0.00957 e. The van der Waals surface area contributed by atoms with Crippen molar-refractivity contribution in [3.63, 3.8) is 0 Å². The third-order valence-electron chi connectivity index (χ3n) is 0.111. The van der Waals surface area contributed by atoms with Gasteiger partial charge in [0.15, 0.2) is 0 Å². The molecule has 0 spiro atoms. The first-order valence-electron chi connectivity index (χ1n) is 3.00. The van der Waals surface area contributed by atoms with Crippen LogP contribution in [0.5, 0.6) is 0 Å². The van der Waals surface area contributed by atoms with Gasteiger partial charge in [-0.2, -0.15) is 0 Å². The molecule has 0 aromatic carbocycles. The van der Waals surface area contributed by atoms with Gasteiger partial charge in [0.05, 0.1) is 0 Å². The molecule has 0 amide bonds. The topological polar surface area (TPSA) is 52.0 Å². The van der Waals surface area contributed by atoms with E-state index in [2.05, 4.69) is 0 Å². The fraction of sp³-hybridized carbons (Fsp3) is 0.667. The summed E-state index contributed by atoms with van der Waals surface area (Å²) in [6.45, 7) is 8.00. The van der Waals surface area contributed by atoms with E-state index in [0.717, 1.165) is 0 Å². The van der Waals surface area contributed by atoms with E-state index in [1.165, 1.54) is 12.4 Å². The summed E-state index contributed by atoms with van der Waals surface area (Å²) >= 11 is 0. The molecule has 0 aromatic heterocycles. The van der Waals surface area contributed by atoms with Gasteiger partial charge in [-0.25, -0.2) is 0 Å². The van der Waals surface area contributed by atoms with Gasteiger partial charge in [-0.1, -0.05) is 27.7 Å². The Balaban J connectivity index is -0.0000000542. The summed E-state index contributed by atoms with van der Waals surface area (Å²) in [4.78, 5) is 0. The molecule has 0 aromatic rings. The molecule has 0 saturated heterocycles. The van der Waals surface area contributed by atoms with Crippen molar-refractivity contribution in [3.8, 4) is 0 Å². The van der Waals surface area contributed by atoms with Crippen molar-refractivity contribution in [1.29, 1.82) is 0 Å². The SMILES string of the molecule is CC.CC.N/C=C\N. The maximum atomic E-state index is 4.72. The summed E-state index contributed by atoms with van der Waals surface area (Å²) in [7, 11) is 0. The van der Waals surface area contributed by atoms with Crippen LogP contribution in [-0.2, 0) is 0 Å². The number of rotatable bonds is 0. The van der Waals surface area contributed by atoms with Crippen molar-refractivity contribution < 1.29 is 0 Å². The minimum Gasteiger partial charge on any atom is -0.403 e. The van der Waals surface area contributed by atoms with Crippen LogP contribution in [0, 0.1) is 0 Å². The van der Waals surface area contributed by atoms with Crippen LogP contribution < -0.4 is 11.5 Å². The Hall–Kier alpha value is -0.660. The molecule has 2 heteroatoms. The third-order valence-corrected chi connectivity index (χ3v) is 0.111. The van der Waals surface area contributed by atoms with E-state index in [1.807, 2.05) is 27.7 Å². The first-order chi connectivity index (χ1) is 3.91. The fourth-order valence-corrected chi connectivity index (χ4v) is 0. The quantitative estimate of drug-likeness (QED) is 0.505. The van der Waals surface area contributed by atoms with Gasteiger partial charge in [-0.05, 0) is 0 Å². The zero-order valence-corrected chi connectivity index (χ0v) is 6.31. The van der Waals surface area contributed by atoms with E-state index in [1.54, 1.807) is 0 Å². The molecule has 0 fully saturated rings. The lowest BCUT2D eigenvalue weighted by Crippen LogP contribution is -1.81. The van der Waals surface area contributed by atoms with E-state index in [-0.39, 0.29) is 0 Å². The minimum atomic E-state index is 1.28. The van der Waals surface area contributed by atoms with Crippen LogP contribution in [0.2, 0.25) is 0 Å². The molecule has 52 valence electrons. The normalized spacial score (nSPS) is 6.00. The van der Waals surface area contributed by atoms with E-state index < -0.39 is 0 Å². The molecular formula is C6H18N2. The second-order valence-corrected chi connectivity index (χ2v) is 0.385. The van der Waals surface area contributed by atoms with Crippen LogP contribution in [0.3, 0.4) is 0 Å². The van der Waals surface area contributed by atoms with Gasteiger partial charge in [0.25, 0.3) is 0 Å². The van der Waals surface area contributed by atoms with Gasteiger partial charge in [-0.15, -0.1) is 0 Å². The molecule has 0 saturated carbocycles. The summed E-state index contributed by atoms with van der Waals surface area (Å²) in [5.41, 5.74) is 9.44. The van der Waals surface area contributed by atoms with E-state index in [4.69, 9.17) is 11.5 Å². The number of hydrogen-bond acceptors (Lipinski definition) is 2. The standard InChI is InChI=1S/C2H6N2.2C2H6/c3-1-2-4;2*1-2/h1-2H,3-4H2;2*1-2H3/b2-1-;;. The molecule has 2 nitrogen and oxygen atoms in total. The molecule has 0 atom stereocenters. The van der Waals surface area contributed by atoms with Gasteiger partial charge in [0.2, 0.25) is 0 Å². The van der Waals surface area contributed by atoms with Crippen molar-refractivity contribution in [2.24, 2.45) is 11.5 Å². The Bertz CT molecular complexity index is 21.7. The van der Waals surface area contributed by atoms with Crippen molar-refractivity contribution >= 4 is 0 Å². The van der Waals surface area contributed by atoms with Crippen LogP contribution in [0.4, 0.5) is 0 Å². The molecule has 0 aliphatic rings. The summed E-state index contributed by atoms with van der Waals surface area (Å²) in [6.07, 6.45) is 2.56. The molecular weight excluding hydrogens is 100 g/mol. The Morgan fingerprint density at radius 2 is 0.875 bits per heavy atom. The van der Waals surface area contributed by atoms with Gasteiger partial charge < -0.3 is 11.5 Å². The van der Waals surface area contributed by atoms with Gasteiger partial charge in [0.1, 0.15) is 0 Å². The molecule has 8 heavy (non-hydrogen) atoms. The largest absolute Gasteiger partial charge is 0.403 e. The highest BCUT2D eigenvalue weighted by molar-refractivity contribution is 4.64. The molecule has 0 aliphatic heterocycles. The maximum absolute atomic E-state index is 4.72. The van der Waals surface area contributed by atoms with Gasteiger partial charge >= 0.3 is 0 Å². The first-order valence-corrected chi connectivity index (χ1v) is 3.00. The highest BCUT2D eigenvalue weighted by atomic mass is 14.6. The predicted octanol–water partition coefficient (Wildman–Crippen LogP) is 1.43. The van der Waals surface area contributed by atoms with E-state index in [9.17, 15) is 0 Å². The second kappa shape index (κ2) is 101. The van der Waals surface area contributed by atoms with Crippen molar-refractivity contribution in [3.05, 3.63) is 12.4 Å². The molecule has 0 rings (SSSR count). The predicted molar refractivity (Wildman–Crippen MR) is 40.2 cm³/mol. The molecule has 0 radical (unpaired) electrons. The van der Waals surface area contributed by atoms with Gasteiger partial charge in [0, 0.05) is 12.4 Å². The highest BCUT2D eigenvalue weighted by Gasteiger charge is 1.30. The summed E-state index contributed by atoms with van der Waals surface area (Å²) in [5, 5.41) is 0. The monoisotopic (exact) mass is 118 g/mol. The molecule has 4 N–H and O–H groups in total. The zero-order valence-electron chi connectivity index (χ0n) is 6.31. The van der Waals surface area contributed by atoms with Crippen LogP contribution >= 0.6 is 0 Å². The lowest BCUT2D eigenvalue weighted by Gasteiger charge is -1.56. The van der Waals surface area contributed by atoms with Crippen LogP contribution in [-0.4, -0.2) is 0 Å². The molecule has 0 unspecified atom stereocenters. The van der Waals surface area contributed by atoms with E-state index >= 15 is 0 Å². The second-order valence-electron chi connectivity index (χ2n) is 0.385. The van der Waals surface area contributed by atoms with Crippen LogP contribution in [0.15, 0.2) is 12.4 Å². The first kappa shape index (κ1) is 15.7. The average Bonchev–Trinajstić information content (AvgIpc) is 1.96. The van der Waals surface area contributed by atoms with Crippen molar-refractivity contribution in [1.82, 2.24) is 0 Å². The number of hydrogen-bond donors (Lipinski definition) is 2.